The van der Waals surface area contributed by atoms with Crippen molar-refractivity contribution in [3.8, 4) is 0 Å². The van der Waals surface area contributed by atoms with Crippen molar-refractivity contribution in [1.29, 1.82) is 0 Å². The van der Waals surface area contributed by atoms with Crippen molar-refractivity contribution in [3.05, 3.63) is 64.1 Å². The van der Waals surface area contributed by atoms with Crippen molar-refractivity contribution < 1.29 is 9.59 Å². The maximum atomic E-state index is 12.0. The number of ketones is 1. The van der Waals surface area contributed by atoms with Crippen molar-refractivity contribution in [2.45, 2.75) is 19.8 Å². The number of halogens is 1. The molecule has 0 aliphatic rings. The number of rotatable bonds is 5. The van der Waals surface area contributed by atoms with Crippen molar-refractivity contribution in [2.75, 3.05) is 5.32 Å². The second-order valence-electron chi connectivity index (χ2n) is 4.84. The van der Waals surface area contributed by atoms with Crippen LogP contribution in [-0.2, 0) is 4.79 Å². The highest BCUT2D eigenvalue weighted by Gasteiger charge is 2.09. The van der Waals surface area contributed by atoms with Gasteiger partial charge in [-0.3, -0.25) is 9.59 Å². The zero-order valence-electron chi connectivity index (χ0n) is 11.7. The summed E-state index contributed by atoms with van der Waals surface area (Å²) in [5.74, 6) is -0.168. The third kappa shape index (κ3) is 4.83. The predicted molar refractivity (Wildman–Crippen MR) is 87.5 cm³/mol. The highest BCUT2D eigenvalue weighted by Crippen LogP contribution is 2.15. The van der Waals surface area contributed by atoms with Gasteiger partial charge >= 0.3 is 0 Å². The smallest absolute Gasteiger partial charge is 0.224 e. The van der Waals surface area contributed by atoms with Gasteiger partial charge in [-0.25, -0.2) is 0 Å². The van der Waals surface area contributed by atoms with Crippen molar-refractivity contribution >= 4 is 33.3 Å². The van der Waals surface area contributed by atoms with Gasteiger partial charge in [0.25, 0.3) is 0 Å². The second-order valence-corrected chi connectivity index (χ2v) is 5.76. The summed E-state index contributed by atoms with van der Waals surface area (Å²) in [5, 5.41) is 2.77. The highest BCUT2D eigenvalue weighted by molar-refractivity contribution is 9.10. The monoisotopic (exact) mass is 345 g/mol. The average Bonchev–Trinajstić information content (AvgIpc) is 2.48. The average molecular weight is 346 g/mol. The molecular formula is C17H16BrNO2. The third-order valence-electron chi connectivity index (χ3n) is 3.08. The van der Waals surface area contributed by atoms with E-state index in [1.54, 1.807) is 12.1 Å². The zero-order valence-corrected chi connectivity index (χ0v) is 13.3. The minimum Gasteiger partial charge on any atom is -0.326 e. The molecule has 0 radical (unpaired) electrons. The number of amides is 1. The number of benzene rings is 2. The maximum absolute atomic E-state index is 12.0. The number of Topliss-reactive ketones (excluding diaryl/α,β-unsaturated/α-hetero) is 1. The number of anilines is 1. The van der Waals surface area contributed by atoms with Crippen molar-refractivity contribution in [3.63, 3.8) is 0 Å². The molecule has 0 bridgehead atoms. The van der Waals surface area contributed by atoms with E-state index in [1.807, 2.05) is 43.3 Å². The van der Waals surface area contributed by atoms with Crippen LogP contribution in [0.2, 0.25) is 0 Å². The summed E-state index contributed by atoms with van der Waals surface area (Å²) >= 11 is 3.34. The first-order valence-corrected chi connectivity index (χ1v) is 7.49. The van der Waals surface area contributed by atoms with E-state index < -0.39 is 0 Å². The first-order chi connectivity index (χ1) is 10.0. The molecule has 0 aliphatic heterocycles. The Labute approximate surface area is 132 Å². The Hall–Kier alpha value is -1.94. The fourth-order valence-corrected chi connectivity index (χ4v) is 2.13. The molecule has 21 heavy (non-hydrogen) atoms. The summed E-state index contributed by atoms with van der Waals surface area (Å²) in [6.07, 6.45) is 0.397. The largest absolute Gasteiger partial charge is 0.326 e. The number of nitrogens with one attached hydrogen (secondary N) is 1. The molecular weight excluding hydrogens is 330 g/mol. The molecule has 4 heteroatoms. The number of hydrogen-bond acceptors (Lipinski definition) is 2. The second kappa shape index (κ2) is 7.18. The van der Waals surface area contributed by atoms with E-state index in [1.165, 1.54) is 0 Å². The summed E-state index contributed by atoms with van der Waals surface area (Å²) in [5.41, 5.74) is 2.49. The Bertz CT molecular complexity index is 633. The molecule has 3 nitrogen and oxygen atoms in total. The maximum Gasteiger partial charge on any atom is 0.224 e. The molecule has 108 valence electrons. The first kappa shape index (κ1) is 15.4. The molecule has 2 aromatic rings. The SMILES string of the molecule is Cc1ccc(C(=O)CCC(=O)Nc2ccc(Br)cc2)cc1. The van der Waals surface area contributed by atoms with Gasteiger partial charge in [-0.2, -0.15) is 0 Å². The number of carbonyl (C=O) groups excluding carboxylic acids is 2. The van der Waals surface area contributed by atoms with Crippen LogP contribution in [0.4, 0.5) is 5.69 Å². The molecule has 0 heterocycles. The first-order valence-electron chi connectivity index (χ1n) is 6.70. The van der Waals surface area contributed by atoms with Crippen LogP contribution in [0.1, 0.15) is 28.8 Å². The van der Waals surface area contributed by atoms with Gasteiger partial charge in [0, 0.05) is 28.6 Å². The Morgan fingerprint density at radius 3 is 2.19 bits per heavy atom. The Morgan fingerprint density at radius 2 is 1.57 bits per heavy atom. The van der Waals surface area contributed by atoms with Crippen LogP contribution >= 0.6 is 15.9 Å². The van der Waals surface area contributed by atoms with Gasteiger partial charge in [0.2, 0.25) is 5.91 Å². The molecule has 0 saturated heterocycles. The lowest BCUT2D eigenvalue weighted by Gasteiger charge is -2.05. The van der Waals surface area contributed by atoms with Crippen molar-refractivity contribution in [2.24, 2.45) is 0 Å². The summed E-state index contributed by atoms with van der Waals surface area (Å²) in [4.78, 5) is 23.8. The van der Waals surface area contributed by atoms with Gasteiger partial charge in [-0.15, -0.1) is 0 Å². The van der Waals surface area contributed by atoms with Crippen LogP contribution in [0.5, 0.6) is 0 Å². The van der Waals surface area contributed by atoms with Gasteiger partial charge in [0.15, 0.2) is 5.78 Å². The van der Waals surface area contributed by atoms with E-state index in [2.05, 4.69) is 21.2 Å². The standard InChI is InChI=1S/C17H16BrNO2/c1-12-2-4-13(5-3-12)16(20)10-11-17(21)19-15-8-6-14(18)7-9-15/h2-9H,10-11H2,1H3,(H,19,21). The van der Waals surface area contributed by atoms with Gasteiger partial charge in [0.1, 0.15) is 0 Å². The summed E-state index contributed by atoms with van der Waals surface area (Å²) < 4.78 is 0.954. The van der Waals surface area contributed by atoms with E-state index in [9.17, 15) is 9.59 Å². The lowest BCUT2D eigenvalue weighted by molar-refractivity contribution is -0.116. The number of carbonyl (C=O) groups is 2. The van der Waals surface area contributed by atoms with E-state index in [0.717, 1.165) is 15.7 Å². The number of hydrogen-bond donors (Lipinski definition) is 1. The fraction of sp³-hybridized carbons (Fsp3) is 0.176. The van der Waals surface area contributed by atoms with Crippen LogP contribution in [0.3, 0.4) is 0 Å². The minimum atomic E-state index is -0.155. The van der Waals surface area contributed by atoms with Gasteiger partial charge in [-0.1, -0.05) is 45.8 Å². The van der Waals surface area contributed by atoms with Crippen LogP contribution in [0.25, 0.3) is 0 Å². The molecule has 0 unspecified atom stereocenters. The Balaban J connectivity index is 1.84. The topological polar surface area (TPSA) is 46.2 Å². The highest BCUT2D eigenvalue weighted by atomic mass is 79.9. The molecule has 1 N–H and O–H groups in total. The van der Waals surface area contributed by atoms with E-state index in [4.69, 9.17) is 0 Å². The molecule has 0 aliphatic carbocycles. The molecule has 0 spiro atoms. The lowest BCUT2D eigenvalue weighted by Crippen LogP contribution is -2.13. The van der Waals surface area contributed by atoms with E-state index >= 15 is 0 Å². The van der Waals surface area contributed by atoms with Crippen molar-refractivity contribution in [1.82, 2.24) is 0 Å². The third-order valence-corrected chi connectivity index (χ3v) is 3.61. The van der Waals surface area contributed by atoms with Crippen LogP contribution in [0.15, 0.2) is 53.0 Å². The molecule has 0 atom stereocenters. The lowest BCUT2D eigenvalue weighted by atomic mass is 10.0. The molecule has 0 saturated carbocycles. The predicted octanol–water partition coefficient (Wildman–Crippen LogP) is 4.36. The van der Waals surface area contributed by atoms with Crippen LogP contribution in [-0.4, -0.2) is 11.7 Å². The molecule has 1 amide bonds. The fourth-order valence-electron chi connectivity index (χ4n) is 1.87. The molecule has 0 fully saturated rings. The van der Waals surface area contributed by atoms with Gasteiger partial charge in [0.05, 0.1) is 0 Å². The number of aryl methyl sites for hydroxylation is 1. The Kier molecular flexibility index (Phi) is 5.28. The summed E-state index contributed by atoms with van der Waals surface area (Å²) in [7, 11) is 0. The molecule has 0 aromatic heterocycles. The van der Waals surface area contributed by atoms with E-state index in [0.29, 0.717) is 5.56 Å². The Morgan fingerprint density at radius 1 is 0.952 bits per heavy atom. The quantitative estimate of drug-likeness (QED) is 0.818. The van der Waals surface area contributed by atoms with Crippen LogP contribution in [0, 0.1) is 6.92 Å². The summed E-state index contributed by atoms with van der Waals surface area (Å²) in [6, 6.07) is 14.7. The summed E-state index contributed by atoms with van der Waals surface area (Å²) in [6.45, 7) is 1.97. The zero-order chi connectivity index (χ0) is 15.2. The van der Waals surface area contributed by atoms with Gasteiger partial charge < -0.3 is 5.32 Å². The van der Waals surface area contributed by atoms with Crippen LogP contribution < -0.4 is 5.32 Å². The van der Waals surface area contributed by atoms with Gasteiger partial charge in [-0.05, 0) is 31.2 Å². The molecule has 2 aromatic carbocycles. The normalized spacial score (nSPS) is 10.2. The minimum absolute atomic E-state index is 0.0130. The van der Waals surface area contributed by atoms with E-state index in [-0.39, 0.29) is 24.5 Å². The molecule has 2 rings (SSSR count).